The van der Waals surface area contributed by atoms with E-state index in [1.165, 1.54) is 44.1 Å². The lowest BCUT2D eigenvalue weighted by Crippen LogP contribution is -2.54. The Morgan fingerprint density at radius 2 is 1.71 bits per heavy atom. The number of benzene rings is 1. The minimum Gasteiger partial charge on any atom is -0.316 e. The van der Waals surface area contributed by atoms with Crippen LogP contribution in [0.3, 0.4) is 0 Å². The van der Waals surface area contributed by atoms with Crippen molar-refractivity contribution in [2.45, 2.75) is 57.8 Å². The van der Waals surface area contributed by atoms with E-state index in [1.54, 1.807) is 12.1 Å². The molecule has 2 aliphatic carbocycles. The molecule has 1 aromatic rings. The van der Waals surface area contributed by atoms with Gasteiger partial charge >= 0.3 is 0 Å². The maximum Gasteiger partial charge on any atom is 0.123 e. The van der Waals surface area contributed by atoms with Gasteiger partial charge in [0.05, 0.1) is 0 Å². The molecule has 0 aliphatic heterocycles. The van der Waals surface area contributed by atoms with Crippen molar-refractivity contribution in [2.75, 3.05) is 13.1 Å². The second-order valence-electron chi connectivity index (χ2n) is 7.87. The minimum atomic E-state index is -0.126. The number of hydrogen-bond donors (Lipinski definition) is 1. The molecule has 116 valence electrons. The number of hydrogen-bond acceptors (Lipinski definition) is 1. The predicted octanol–water partition coefficient (Wildman–Crippen LogP) is 4.66. The van der Waals surface area contributed by atoms with Crippen LogP contribution >= 0.6 is 0 Å². The Bertz CT molecular complexity index is 463. The van der Waals surface area contributed by atoms with E-state index in [1.807, 2.05) is 12.1 Å². The molecule has 2 aliphatic rings. The van der Waals surface area contributed by atoms with Crippen LogP contribution in [0, 0.1) is 17.2 Å². The molecule has 0 radical (unpaired) electrons. The van der Waals surface area contributed by atoms with Crippen molar-refractivity contribution < 1.29 is 4.39 Å². The highest BCUT2D eigenvalue weighted by atomic mass is 19.1. The Kier molecular flexibility index (Phi) is 4.09. The van der Waals surface area contributed by atoms with Crippen molar-refractivity contribution in [3.63, 3.8) is 0 Å². The molecule has 0 atom stereocenters. The van der Waals surface area contributed by atoms with Gasteiger partial charge in [0, 0.05) is 12.0 Å². The van der Waals surface area contributed by atoms with Crippen molar-refractivity contribution in [2.24, 2.45) is 11.3 Å². The molecule has 1 aromatic carbocycles. The van der Waals surface area contributed by atoms with Gasteiger partial charge < -0.3 is 5.32 Å². The van der Waals surface area contributed by atoms with E-state index >= 15 is 0 Å². The summed E-state index contributed by atoms with van der Waals surface area (Å²) in [5, 5.41) is 3.65. The second-order valence-corrected chi connectivity index (χ2v) is 7.87. The summed E-state index contributed by atoms with van der Waals surface area (Å²) >= 11 is 0. The summed E-state index contributed by atoms with van der Waals surface area (Å²) in [6.07, 6.45) is 8.19. The van der Waals surface area contributed by atoms with E-state index in [0.717, 1.165) is 13.1 Å². The number of nitrogens with one attached hydrogen (secondary N) is 1. The molecule has 2 saturated carbocycles. The first-order valence-electron chi connectivity index (χ1n) is 8.51. The van der Waals surface area contributed by atoms with Gasteiger partial charge in [-0.1, -0.05) is 38.8 Å². The van der Waals surface area contributed by atoms with Crippen LogP contribution in [0.1, 0.15) is 57.9 Å². The summed E-state index contributed by atoms with van der Waals surface area (Å²) in [6.45, 7) is 6.60. The highest BCUT2D eigenvalue weighted by Gasteiger charge is 2.55. The molecule has 1 nitrogen and oxygen atoms in total. The Labute approximate surface area is 128 Å². The van der Waals surface area contributed by atoms with Gasteiger partial charge in [0.1, 0.15) is 5.82 Å². The topological polar surface area (TPSA) is 12.0 Å². The van der Waals surface area contributed by atoms with Gasteiger partial charge in [-0.25, -0.2) is 4.39 Å². The Morgan fingerprint density at radius 3 is 2.29 bits per heavy atom. The zero-order valence-corrected chi connectivity index (χ0v) is 13.4. The van der Waals surface area contributed by atoms with Crippen LogP contribution in [-0.4, -0.2) is 13.1 Å². The monoisotopic (exact) mass is 289 g/mol. The van der Waals surface area contributed by atoms with Crippen molar-refractivity contribution >= 4 is 0 Å². The molecule has 0 bridgehead atoms. The average molecular weight is 289 g/mol. The number of rotatable bonds is 5. The van der Waals surface area contributed by atoms with Gasteiger partial charge in [-0.05, 0) is 61.3 Å². The standard InChI is InChI=1S/C19H28FN/c1-15(2)11-21-14-19(16-5-7-17(20)8-6-16)12-18(13-19)9-3-4-10-18/h5-8,15,21H,3-4,9-14H2,1-2H3. The Morgan fingerprint density at radius 1 is 1.10 bits per heavy atom. The van der Waals surface area contributed by atoms with E-state index in [-0.39, 0.29) is 11.2 Å². The van der Waals surface area contributed by atoms with Gasteiger partial charge in [-0.15, -0.1) is 0 Å². The molecule has 1 spiro atoms. The molecule has 2 heteroatoms. The molecule has 0 saturated heterocycles. The van der Waals surface area contributed by atoms with E-state index < -0.39 is 0 Å². The highest BCUT2D eigenvalue weighted by molar-refractivity contribution is 5.32. The van der Waals surface area contributed by atoms with Crippen LogP contribution in [0.5, 0.6) is 0 Å². The zero-order chi connectivity index (χ0) is 14.9. The van der Waals surface area contributed by atoms with Crippen molar-refractivity contribution in [1.29, 1.82) is 0 Å². The summed E-state index contributed by atoms with van der Waals surface area (Å²) in [5.41, 5.74) is 2.18. The fourth-order valence-electron chi connectivity index (χ4n) is 4.70. The zero-order valence-electron chi connectivity index (χ0n) is 13.4. The summed E-state index contributed by atoms with van der Waals surface area (Å²) < 4.78 is 13.2. The molecule has 3 rings (SSSR count). The second kappa shape index (κ2) is 5.72. The van der Waals surface area contributed by atoms with Crippen molar-refractivity contribution in [1.82, 2.24) is 5.32 Å². The normalized spacial score (nSPS) is 22.7. The molecular formula is C19H28FN. The molecule has 0 heterocycles. The van der Waals surface area contributed by atoms with Crippen LogP contribution < -0.4 is 5.32 Å². The van der Waals surface area contributed by atoms with E-state index in [2.05, 4.69) is 19.2 Å². The molecule has 0 unspecified atom stereocenters. The third-order valence-corrected chi connectivity index (χ3v) is 5.56. The Hall–Kier alpha value is -0.890. The lowest BCUT2D eigenvalue weighted by atomic mass is 9.49. The Balaban J connectivity index is 1.74. The van der Waals surface area contributed by atoms with E-state index in [0.29, 0.717) is 11.3 Å². The summed E-state index contributed by atoms with van der Waals surface area (Å²) in [4.78, 5) is 0. The fourth-order valence-corrected chi connectivity index (χ4v) is 4.70. The predicted molar refractivity (Wildman–Crippen MR) is 85.9 cm³/mol. The largest absolute Gasteiger partial charge is 0.316 e. The fraction of sp³-hybridized carbons (Fsp3) is 0.684. The van der Waals surface area contributed by atoms with Crippen LogP contribution in [0.2, 0.25) is 0 Å². The van der Waals surface area contributed by atoms with Crippen LogP contribution in [0.25, 0.3) is 0 Å². The van der Waals surface area contributed by atoms with Gasteiger partial charge in [0.25, 0.3) is 0 Å². The maximum atomic E-state index is 13.2. The lowest BCUT2D eigenvalue weighted by Gasteiger charge is -2.56. The van der Waals surface area contributed by atoms with E-state index in [9.17, 15) is 4.39 Å². The van der Waals surface area contributed by atoms with Crippen LogP contribution in [0.15, 0.2) is 24.3 Å². The summed E-state index contributed by atoms with van der Waals surface area (Å²) in [7, 11) is 0. The highest BCUT2D eigenvalue weighted by Crippen LogP contribution is 2.62. The van der Waals surface area contributed by atoms with Crippen LogP contribution in [0.4, 0.5) is 4.39 Å². The first-order chi connectivity index (χ1) is 10.0. The quantitative estimate of drug-likeness (QED) is 0.831. The van der Waals surface area contributed by atoms with Gasteiger partial charge in [-0.3, -0.25) is 0 Å². The first-order valence-corrected chi connectivity index (χ1v) is 8.51. The smallest absolute Gasteiger partial charge is 0.123 e. The maximum absolute atomic E-state index is 13.2. The van der Waals surface area contributed by atoms with Gasteiger partial charge in [0.2, 0.25) is 0 Å². The molecular weight excluding hydrogens is 261 g/mol. The summed E-state index contributed by atoms with van der Waals surface area (Å²) in [5.74, 6) is 0.551. The van der Waals surface area contributed by atoms with Gasteiger partial charge in [0.15, 0.2) is 0 Å². The first kappa shape index (κ1) is 15.0. The molecule has 2 fully saturated rings. The minimum absolute atomic E-state index is 0.126. The number of halogens is 1. The SMILES string of the molecule is CC(C)CNCC1(c2ccc(F)cc2)CC2(CCCC2)C1. The molecule has 0 amide bonds. The van der Waals surface area contributed by atoms with E-state index in [4.69, 9.17) is 0 Å². The molecule has 1 N–H and O–H groups in total. The van der Waals surface area contributed by atoms with Crippen LogP contribution in [-0.2, 0) is 5.41 Å². The lowest BCUT2D eigenvalue weighted by molar-refractivity contribution is 0.0266. The van der Waals surface area contributed by atoms with Crippen molar-refractivity contribution in [3.05, 3.63) is 35.6 Å². The third-order valence-electron chi connectivity index (χ3n) is 5.56. The van der Waals surface area contributed by atoms with Gasteiger partial charge in [-0.2, -0.15) is 0 Å². The van der Waals surface area contributed by atoms with Crippen molar-refractivity contribution in [3.8, 4) is 0 Å². The molecule has 0 aromatic heterocycles. The molecule has 21 heavy (non-hydrogen) atoms. The summed E-state index contributed by atoms with van der Waals surface area (Å²) in [6, 6.07) is 7.26. The third kappa shape index (κ3) is 3.01. The average Bonchev–Trinajstić information content (AvgIpc) is 2.87.